The molecule has 1 rings (SSSR count). The largest absolute Gasteiger partial charge is 0.388 e. The smallest absolute Gasteiger partial charge is 0.106 e. The lowest BCUT2D eigenvalue weighted by Gasteiger charge is -2.10. The summed E-state index contributed by atoms with van der Waals surface area (Å²) in [4.78, 5) is 8.00. The number of rotatable bonds is 7. The van der Waals surface area contributed by atoms with E-state index in [9.17, 15) is 5.11 Å². The Labute approximate surface area is 116 Å². The van der Waals surface area contributed by atoms with Crippen molar-refractivity contribution in [2.45, 2.75) is 33.5 Å². The predicted octanol–water partition coefficient (Wildman–Crippen LogP) is 2.44. The Morgan fingerprint density at radius 2 is 1.63 bits per heavy atom. The second kappa shape index (κ2) is 16.8. The molecular weight excluding hydrogens is 244 g/mol. The quantitative estimate of drug-likeness (QED) is 0.827. The molecule has 0 fully saturated rings. The van der Waals surface area contributed by atoms with Crippen molar-refractivity contribution in [3.63, 3.8) is 0 Å². The molecule has 19 heavy (non-hydrogen) atoms. The molecule has 0 saturated carbocycles. The first-order valence-corrected chi connectivity index (χ1v) is 6.49. The summed E-state index contributed by atoms with van der Waals surface area (Å²) in [6.07, 6.45) is -0.534. The predicted molar refractivity (Wildman–Crippen MR) is 77.1 cm³/mol. The fraction of sp³-hybridized carbons (Fsp3) is 0.533. The van der Waals surface area contributed by atoms with E-state index < -0.39 is 6.10 Å². The van der Waals surface area contributed by atoms with Crippen LogP contribution in [0, 0.1) is 0 Å². The standard InChI is InChI=1S/C12H18O3.C2H6.CH2O/c1-2-14-9-12(13)10-15-8-11-6-4-3-5-7-11;2*1-2/h3-7,12-13H,2,8-10H2,1H3;1-2H3;1H2. The van der Waals surface area contributed by atoms with Gasteiger partial charge in [0.15, 0.2) is 0 Å². The molecule has 0 aliphatic rings. The summed E-state index contributed by atoms with van der Waals surface area (Å²) in [5.74, 6) is 0. The highest BCUT2D eigenvalue weighted by molar-refractivity contribution is 5.13. The van der Waals surface area contributed by atoms with Crippen LogP contribution in [0.5, 0.6) is 0 Å². The number of hydrogen-bond acceptors (Lipinski definition) is 4. The minimum absolute atomic E-state index is 0.314. The topological polar surface area (TPSA) is 55.8 Å². The van der Waals surface area contributed by atoms with Gasteiger partial charge in [-0.1, -0.05) is 44.2 Å². The molecule has 4 heteroatoms. The molecule has 1 aromatic rings. The number of carbonyl (C=O) groups is 1. The maximum atomic E-state index is 9.41. The number of carbonyl (C=O) groups excluding carboxylic acids is 1. The minimum atomic E-state index is -0.534. The second-order valence-electron chi connectivity index (χ2n) is 3.31. The molecule has 0 saturated heterocycles. The van der Waals surface area contributed by atoms with Crippen molar-refractivity contribution in [1.82, 2.24) is 0 Å². The molecule has 4 nitrogen and oxygen atoms in total. The molecule has 0 aromatic heterocycles. The van der Waals surface area contributed by atoms with Gasteiger partial charge in [0.1, 0.15) is 12.9 Å². The molecule has 1 aromatic carbocycles. The summed E-state index contributed by atoms with van der Waals surface area (Å²) in [5.41, 5.74) is 1.11. The van der Waals surface area contributed by atoms with Gasteiger partial charge in [-0.05, 0) is 12.5 Å². The van der Waals surface area contributed by atoms with Crippen molar-refractivity contribution >= 4 is 6.79 Å². The van der Waals surface area contributed by atoms with Gasteiger partial charge >= 0.3 is 0 Å². The third kappa shape index (κ3) is 13.0. The Morgan fingerprint density at radius 3 is 2.16 bits per heavy atom. The molecule has 1 N–H and O–H groups in total. The van der Waals surface area contributed by atoms with Crippen LogP contribution in [0.3, 0.4) is 0 Å². The molecule has 110 valence electrons. The van der Waals surface area contributed by atoms with Crippen LogP contribution in [0.4, 0.5) is 0 Å². The van der Waals surface area contributed by atoms with Crippen molar-refractivity contribution in [2.24, 2.45) is 0 Å². The molecule has 0 amide bonds. The molecule has 0 aliphatic carbocycles. The van der Waals surface area contributed by atoms with Gasteiger partial charge in [-0.3, -0.25) is 0 Å². The van der Waals surface area contributed by atoms with Crippen LogP contribution >= 0.6 is 0 Å². The summed E-state index contributed by atoms with van der Waals surface area (Å²) in [7, 11) is 0. The fourth-order valence-corrected chi connectivity index (χ4v) is 1.19. The maximum Gasteiger partial charge on any atom is 0.106 e. The second-order valence-corrected chi connectivity index (χ2v) is 3.31. The molecule has 0 radical (unpaired) electrons. The zero-order valence-electron chi connectivity index (χ0n) is 12.2. The molecule has 0 aliphatic heterocycles. The van der Waals surface area contributed by atoms with Gasteiger partial charge in [-0.2, -0.15) is 0 Å². The zero-order valence-corrected chi connectivity index (χ0v) is 12.2. The van der Waals surface area contributed by atoms with Crippen molar-refractivity contribution in [3.8, 4) is 0 Å². The number of aliphatic hydroxyl groups is 1. The first-order valence-electron chi connectivity index (χ1n) is 6.49. The van der Waals surface area contributed by atoms with E-state index in [0.717, 1.165) is 5.56 Å². The average Bonchev–Trinajstić information content (AvgIpc) is 2.50. The van der Waals surface area contributed by atoms with E-state index in [-0.39, 0.29) is 0 Å². The van der Waals surface area contributed by atoms with Crippen LogP contribution in [0.1, 0.15) is 26.3 Å². The third-order valence-electron chi connectivity index (χ3n) is 1.94. The fourth-order valence-electron chi connectivity index (χ4n) is 1.19. The van der Waals surface area contributed by atoms with Gasteiger partial charge in [-0.15, -0.1) is 0 Å². The SMILES string of the molecule is C=O.CC.CCOCC(O)COCc1ccccc1. The summed E-state index contributed by atoms with van der Waals surface area (Å²) in [6, 6.07) is 9.89. The monoisotopic (exact) mass is 270 g/mol. The highest BCUT2D eigenvalue weighted by Crippen LogP contribution is 2.00. The van der Waals surface area contributed by atoms with Crippen LogP contribution < -0.4 is 0 Å². The van der Waals surface area contributed by atoms with E-state index in [1.807, 2.05) is 57.9 Å². The van der Waals surface area contributed by atoms with Gasteiger partial charge in [-0.25, -0.2) is 0 Å². The number of hydrogen-bond donors (Lipinski definition) is 1. The third-order valence-corrected chi connectivity index (χ3v) is 1.94. The molecule has 0 heterocycles. The normalized spacial score (nSPS) is 10.5. The lowest BCUT2D eigenvalue weighted by atomic mass is 10.2. The average molecular weight is 270 g/mol. The molecule has 0 bridgehead atoms. The van der Waals surface area contributed by atoms with E-state index in [1.54, 1.807) is 0 Å². The highest BCUT2D eigenvalue weighted by Gasteiger charge is 2.03. The first-order chi connectivity index (χ1) is 9.33. The van der Waals surface area contributed by atoms with Crippen molar-refractivity contribution < 1.29 is 19.4 Å². The van der Waals surface area contributed by atoms with E-state index in [0.29, 0.717) is 26.4 Å². The Morgan fingerprint density at radius 1 is 1.11 bits per heavy atom. The Hall–Kier alpha value is -1.23. The first kappa shape index (κ1) is 20.1. The number of benzene rings is 1. The summed E-state index contributed by atoms with van der Waals surface area (Å²) in [6.45, 7) is 9.71. The van der Waals surface area contributed by atoms with Gasteiger partial charge in [0.2, 0.25) is 0 Å². The highest BCUT2D eigenvalue weighted by atomic mass is 16.5. The van der Waals surface area contributed by atoms with Crippen LogP contribution in [0.2, 0.25) is 0 Å². The van der Waals surface area contributed by atoms with Gasteiger partial charge < -0.3 is 19.4 Å². The Bertz CT molecular complexity index is 264. The lowest BCUT2D eigenvalue weighted by Crippen LogP contribution is -2.21. The Kier molecular flexibility index (Phi) is 17.7. The van der Waals surface area contributed by atoms with E-state index >= 15 is 0 Å². The molecular formula is C15H26O4. The van der Waals surface area contributed by atoms with Crippen LogP contribution in [-0.2, 0) is 20.9 Å². The molecule has 0 spiro atoms. The van der Waals surface area contributed by atoms with E-state index in [4.69, 9.17) is 14.3 Å². The number of ether oxygens (including phenoxy) is 2. The van der Waals surface area contributed by atoms with Gasteiger partial charge in [0.25, 0.3) is 0 Å². The van der Waals surface area contributed by atoms with Crippen molar-refractivity contribution in [2.75, 3.05) is 19.8 Å². The minimum Gasteiger partial charge on any atom is -0.388 e. The summed E-state index contributed by atoms with van der Waals surface area (Å²) < 4.78 is 10.4. The van der Waals surface area contributed by atoms with Crippen LogP contribution in [-0.4, -0.2) is 37.8 Å². The van der Waals surface area contributed by atoms with E-state index in [2.05, 4.69) is 0 Å². The molecule has 1 atom stereocenters. The van der Waals surface area contributed by atoms with E-state index in [1.165, 1.54) is 0 Å². The van der Waals surface area contributed by atoms with Crippen LogP contribution in [0.15, 0.2) is 30.3 Å². The lowest BCUT2D eigenvalue weighted by molar-refractivity contribution is -0.0979. The molecule has 1 unspecified atom stereocenters. The van der Waals surface area contributed by atoms with Crippen molar-refractivity contribution in [3.05, 3.63) is 35.9 Å². The van der Waals surface area contributed by atoms with Gasteiger partial charge in [0, 0.05) is 6.61 Å². The number of aliphatic hydroxyl groups excluding tert-OH is 1. The summed E-state index contributed by atoms with van der Waals surface area (Å²) in [5, 5.41) is 9.41. The van der Waals surface area contributed by atoms with Gasteiger partial charge in [0.05, 0.1) is 19.8 Å². The van der Waals surface area contributed by atoms with Crippen molar-refractivity contribution in [1.29, 1.82) is 0 Å². The maximum absolute atomic E-state index is 9.41. The zero-order chi connectivity index (χ0) is 14.9. The van der Waals surface area contributed by atoms with Crippen LogP contribution in [0.25, 0.3) is 0 Å². The summed E-state index contributed by atoms with van der Waals surface area (Å²) >= 11 is 0. The Balaban J connectivity index is 0.